The first-order valence-corrected chi connectivity index (χ1v) is 4.43. The summed E-state index contributed by atoms with van der Waals surface area (Å²) in [5.41, 5.74) is 0. The molecule has 0 aliphatic rings. The van der Waals surface area contributed by atoms with E-state index in [1.807, 2.05) is 20.8 Å². The largest absolute Gasteiger partial charge is 0.303 e. The number of hydrogen-bond donors (Lipinski definition) is 0. The van der Waals surface area contributed by atoms with E-state index in [9.17, 15) is 9.59 Å². The Hall–Kier alpha value is -0.660. The maximum absolute atomic E-state index is 10.8. The Kier molecular flexibility index (Phi) is 4.79. The van der Waals surface area contributed by atoms with Crippen molar-refractivity contribution in [2.75, 3.05) is 0 Å². The highest BCUT2D eigenvalue weighted by Gasteiger charge is 2.19. The number of aldehydes is 1. The molecule has 70 valence electrons. The number of carbonyl (C=O) groups is 2. The van der Waals surface area contributed by atoms with Gasteiger partial charge in [0.05, 0.1) is 0 Å². The first kappa shape index (κ1) is 11.3. The quantitative estimate of drug-likeness (QED) is 0.592. The molecule has 0 amide bonds. The number of carbonyl (C=O) groups excluding carboxylic acids is 2. The SMILES string of the molecule is CC(=O)CC(C)C(C)C(C)C=O. The van der Waals surface area contributed by atoms with Gasteiger partial charge in [0.1, 0.15) is 12.1 Å². The lowest BCUT2D eigenvalue weighted by Crippen LogP contribution is -2.19. The molecule has 12 heavy (non-hydrogen) atoms. The topological polar surface area (TPSA) is 34.1 Å². The van der Waals surface area contributed by atoms with Gasteiger partial charge < -0.3 is 9.59 Å². The highest BCUT2D eigenvalue weighted by molar-refractivity contribution is 5.75. The van der Waals surface area contributed by atoms with E-state index in [1.165, 1.54) is 0 Å². The van der Waals surface area contributed by atoms with E-state index in [0.29, 0.717) is 18.3 Å². The standard InChI is InChI=1S/C10H18O2/c1-7(5-9(3)12)10(4)8(2)6-11/h6-8,10H,5H2,1-4H3. The molecule has 0 aliphatic heterocycles. The van der Waals surface area contributed by atoms with Crippen molar-refractivity contribution in [1.29, 1.82) is 0 Å². The average molecular weight is 170 g/mol. The summed E-state index contributed by atoms with van der Waals surface area (Å²) < 4.78 is 0. The summed E-state index contributed by atoms with van der Waals surface area (Å²) in [6.45, 7) is 7.53. The van der Waals surface area contributed by atoms with E-state index < -0.39 is 0 Å². The second-order valence-electron chi connectivity index (χ2n) is 3.74. The van der Waals surface area contributed by atoms with Crippen LogP contribution in [0.3, 0.4) is 0 Å². The zero-order chi connectivity index (χ0) is 9.72. The molecule has 3 atom stereocenters. The smallest absolute Gasteiger partial charge is 0.130 e. The molecule has 0 aliphatic carbocycles. The zero-order valence-electron chi connectivity index (χ0n) is 8.33. The van der Waals surface area contributed by atoms with E-state index >= 15 is 0 Å². The number of hydrogen-bond acceptors (Lipinski definition) is 2. The van der Waals surface area contributed by atoms with Crippen LogP contribution in [0.1, 0.15) is 34.1 Å². The minimum Gasteiger partial charge on any atom is -0.303 e. The van der Waals surface area contributed by atoms with E-state index in [-0.39, 0.29) is 11.7 Å². The van der Waals surface area contributed by atoms with E-state index in [2.05, 4.69) is 0 Å². The van der Waals surface area contributed by atoms with Crippen molar-refractivity contribution in [3.63, 3.8) is 0 Å². The van der Waals surface area contributed by atoms with Crippen LogP contribution >= 0.6 is 0 Å². The second-order valence-corrected chi connectivity index (χ2v) is 3.74. The van der Waals surface area contributed by atoms with Gasteiger partial charge >= 0.3 is 0 Å². The van der Waals surface area contributed by atoms with Gasteiger partial charge in [0.25, 0.3) is 0 Å². The predicted octanol–water partition coefficient (Wildman–Crippen LogP) is 2.07. The Balaban J connectivity index is 3.99. The van der Waals surface area contributed by atoms with E-state index in [1.54, 1.807) is 6.92 Å². The Morgan fingerprint density at radius 1 is 1.33 bits per heavy atom. The third-order valence-electron chi connectivity index (χ3n) is 2.55. The van der Waals surface area contributed by atoms with Crippen LogP contribution in [0.2, 0.25) is 0 Å². The van der Waals surface area contributed by atoms with Crippen molar-refractivity contribution >= 4 is 12.1 Å². The van der Waals surface area contributed by atoms with Gasteiger partial charge in [0.2, 0.25) is 0 Å². The van der Waals surface area contributed by atoms with Gasteiger partial charge in [-0.25, -0.2) is 0 Å². The fraction of sp³-hybridized carbons (Fsp3) is 0.800. The molecule has 0 saturated carbocycles. The molecule has 0 aromatic heterocycles. The molecule has 0 aromatic rings. The predicted molar refractivity (Wildman–Crippen MR) is 48.9 cm³/mol. The van der Waals surface area contributed by atoms with Crippen molar-refractivity contribution < 1.29 is 9.59 Å². The van der Waals surface area contributed by atoms with Crippen LogP contribution in [0, 0.1) is 17.8 Å². The van der Waals surface area contributed by atoms with Crippen LogP contribution in [0.25, 0.3) is 0 Å². The normalized spacial score (nSPS) is 18.0. The van der Waals surface area contributed by atoms with Crippen molar-refractivity contribution in [1.82, 2.24) is 0 Å². The monoisotopic (exact) mass is 170 g/mol. The summed E-state index contributed by atoms with van der Waals surface area (Å²) in [6.07, 6.45) is 1.54. The zero-order valence-corrected chi connectivity index (χ0v) is 8.33. The molecule has 0 fully saturated rings. The lowest BCUT2D eigenvalue weighted by Gasteiger charge is -2.21. The molecule has 0 bridgehead atoms. The van der Waals surface area contributed by atoms with Gasteiger partial charge in [-0.2, -0.15) is 0 Å². The van der Waals surface area contributed by atoms with Crippen molar-refractivity contribution in [2.24, 2.45) is 17.8 Å². The summed E-state index contributed by atoms with van der Waals surface area (Å²) in [4.78, 5) is 21.2. The maximum Gasteiger partial charge on any atom is 0.130 e. The summed E-state index contributed by atoms with van der Waals surface area (Å²) in [5.74, 6) is 0.862. The van der Waals surface area contributed by atoms with Gasteiger partial charge in [-0.15, -0.1) is 0 Å². The summed E-state index contributed by atoms with van der Waals surface area (Å²) in [6, 6.07) is 0. The fourth-order valence-corrected chi connectivity index (χ4v) is 1.28. The van der Waals surface area contributed by atoms with E-state index in [0.717, 1.165) is 6.29 Å². The van der Waals surface area contributed by atoms with E-state index in [4.69, 9.17) is 0 Å². The Morgan fingerprint density at radius 2 is 1.83 bits per heavy atom. The van der Waals surface area contributed by atoms with Crippen molar-refractivity contribution in [3.8, 4) is 0 Å². The Bertz CT molecular complexity index is 163. The van der Waals surface area contributed by atoms with Gasteiger partial charge in [-0.3, -0.25) is 0 Å². The molecule has 2 nitrogen and oxygen atoms in total. The van der Waals surface area contributed by atoms with Gasteiger partial charge in [-0.05, 0) is 18.8 Å². The third-order valence-corrected chi connectivity index (χ3v) is 2.55. The average Bonchev–Trinajstić information content (AvgIpc) is 2.00. The highest BCUT2D eigenvalue weighted by atomic mass is 16.1. The van der Waals surface area contributed by atoms with Gasteiger partial charge in [0.15, 0.2) is 0 Å². The van der Waals surface area contributed by atoms with Crippen molar-refractivity contribution in [2.45, 2.75) is 34.1 Å². The number of Topliss-reactive ketones (excluding diaryl/α,β-unsaturated/α-hetero) is 1. The second kappa shape index (κ2) is 5.07. The van der Waals surface area contributed by atoms with Gasteiger partial charge in [-0.1, -0.05) is 20.8 Å². The van der Waals surface area contributed by atoms with Crippen LogP contribution in [-0.2, 0) is 9.59 Å². The lowest BCUT2D eigenvalue weighted by atomic mass is 9.83. The summed E-state index contributed by atoms with van der Waals surface area (Å²) >= 11 is 0. The molecule has 3 unspecified atom stereocenters. The fourth-order valence-electron chi connectivity index (χ4n) is 1.28. The molecule has 0 saturated heterocycles. The third kappa shape index (κ3) is 3.65. The Morgan fingerprint density at radius 3 is 2.17 bits per heavy atom. The lowest BCUT2D eigenvalue weighted by molar-refractivity contribution is -0.119. The molecule has 2 heteroatoms. The molecular weight excluding hydrogens is 152 g/mol. The minimum atomic E-state index is 0.0550. The van der Waals surface area contributed by atoms with Crippen LogP contribution in [-0.4, -0.2) is 12.1 Å². The van der Waals surface area contributed by atoms with Gasteiger partial charge in [0, 0.05) is 12.3 Å². The molecule has 0 N–H and O–H groups in total. The van der Waals surface area contributed by atoms with Crippen LogP contribution in [0.5, 0.6) is 0 Å². The first-order valence-electron chi connectivity index (χ1n) is 4.43. The highest BCUT2D eigenvalue weighted by Crippen LogP contribution is 2.21. The maximum atomic E-state index is 10.8. The molecule has 0 heterocycles. The minimum absolute atomic E-state index is 0.0550. The molecule has 0 spiro atoms. The van der Waals surface area contributed by atoms with Crippen LogP contribution in [0.15, 0.2) is 0 Å². The first-order chi connectivity index (χ1) is 5.49. The van der Waals surface area contributed by atoms with Crippen LogP contribution < -0.4 is 0 Å². The van der Waals surface area contributed by atoms with Crippen molar-refractivity contribution in [3.05, 3.63) is 0 Å². The summed E-state index contributed by atoms with van der Waals surface area (Å²) in [5, 5.41) is 0. The van der Waals surface area contributed by atoms with Crippen LogP contribution in [0.4, 0.5) is 0 Å². The Labute approximate surface area is 74.3 Å². The molecule has 0 aromatic carbocycles. The number of rotatable bonds is 5. The molecule has 0 rings (SSSR count). The summed E-state index contributed by atoms with van der Waals surface area (Å²) in [7, 11) is 0. The molecular formula is C10H18O2. The number of ketones is 1. The molecule has 0 radical (unpaired) electrons.